The number of hydrogen-bond acceptors (Lipinski definition) is 5. The van der Waals surface area contributed by atoms with Crippen LogP contribution in [0.5, 0.6) is 11.5 Å². The van der Waals surface area contributed by atoms with Gasteiger partial charge in [0.1, 0.15) is 11.5 Å². The molecule has 1 fully saturated rings. The minimum absolute atomic E-state index is 0.0674. The van der Waals surface area contributed by atoms with E-state index >= 15 is 0 Å². The molecule has 0 amide bonds. The van der Waals surface area contributed by atoms with E-state index in [9.17, 15) is 0 Å². The van der Waals surface area contributed by atoms with E-state index in [1.165, 1.54) is 5.56 Å². The lowest BCUT2D eigenvalue weighted by Gasteiger charge is -2.41. The molecule has 1 aliphatic heterocycles. The summed E-state index contributed by atoms with van der Waals surface area (Å²) in [6.07, 6.45) is -0.251. The van der Waals surface area contributed by atoms with Gasteiger partial charge in [0.05, 0.1) is 20.3 Å². The molecule has 0 saturated carbocycles. The Kier molecular flexibility index (Phi) is 5.46. The first kappa shape index (κ1) is 18.3. The number of anilines is 1. The summed E-state index contributed by atoms with van der Waals surface area (Å²) in [4.78, 5) is 8.39. The van der Waals surface area contributed by atoms with Crippen molar-refractivity contribution in [3.05, 3.63) is 90.0 Å². The van der Waals surface area contributed by atoms with Gasteiger partial charge < -0.3 is 14.4 Å². The topological polar surface area (TPSA) is 43.0 Å². The average Bonchev–Trinajstić information content (AvgIpc) is 2.79. The molecule has 3 aromatic carbocycles. The Balaban J connectivity index is 1.65. The highest BCUT2D eigenvalue weighted by atomic mass is 16.7. The number of nitrogens with zero attached hydrogens (tertiary/aromatic N) is 1. The Morgan fingerprint density at radius 3 is 2.00 bits per heavy atom. The molecule has 2 atom stereocenters. The molecule has 4 rings (SSSR count). The van der Waals surface area contributed by atoms with E-state index in [1.54, 1.807) is 14.2 Å². The third kappa shape index (κ3) is 3.81. The van der Waals surface area contributed by atoms with E-state index in [0.717, 1.165) is 29.3 Å². The molecule has 0 spiro atoms. The molecule has 5 heteroatoms. The van der Waals surface area contributed by atoms with E-state index in [-0.39, 0.29) is 12.3 Å². The van der Waals surface area contributed by atoms with Crippen LogP contribution in [-0.4, -0.2) is 20.8 Å². The van der Waals surface area contributed by atoms with Crippen LogP contribution in [0.3, 0.4) is 0 Å². The van der Waals surface area contributed by atoms with E-state index < -0.39 is 0 Å². The van der Waals surface area contributed by atoms with Crippen molar-refractivity contribution in [3.63, 3.8) is 0 Å². The third-order valence-corrected chi connectivity index (χ3v) is 4.99. The summed E-state index contributed by atoms with van der Waals surface area (Å²) in [5.74, 6) is 1.66. The lowest BCUT2D eigenvalue weighted by Crippen LogP contribution is -2.46. The molecule has 5 nitrogen and oxygen atoms in total. The number of methoxy groups -OCH3 is 2. The van der Waals surface area contributed by atoms with Crippen LogP contribution in [0.25, 0.3) is 0 Å². The quantitative estimate of drug-likeness (QED) is 0.711. The summed E-state index contributed by atoms with van der Waals surface area (Å²) in [6, 6.07) is 26.4. The van der Waals surface area contributed by atoms with Gasteiger partial charge >= 0.3 is 0 Å². The van der Waals surface area contributed by atoms with Gasteiger partial charge in [-0.2, -0.15) is 5.48 Å². The minimum atomic E-state index is -0.251. The van der Waals surface area contributed by atoms with Crippen molar-refractivity contribution in [2.75, 3.05) is 25.7 Å². The van der Waals surface area contributed by atoms with Gasteiger partial charge in [0.25, 0.3) is 0 Å². The first-order valence-electron chi connectivity index (χ1n) is 9.29. The Morgan fingerprint density at radius 1 is 0.786 bits per heavy atom. The van der Waals surface area contributed by atoms with Crippen LogP contribution in [0.15, 0.2) is 78.9 Å². The molecular formula is C23H24N2O3. The van der Waals surface area contributed by atoms with E-state index in [1.807, 2.05) is 54.6 Å². The molecule has 2 unspecified atom stereocenters. The fourth-order valence-corrected chi connectivity index (χ4v) is 3.43. The maximum absolute atomic E-state index is 6.13. The summed E-state index contributed by atoms with van der Waals surface area (Å²) in [5, 5.41) is 0. The zero-order chi connectivity index (χ0) is 19.3. The summed E-state index contributed by atoms with van der Waals surface area (Å²) in [6.45, 7) is 0.771. The maximum Gasteiger partial charge on any atom is 0.176 e. The zero-order valence-corrected chi connectivity index (χ0v) is 16.0. The largest absolute Gasteiger partial charge is 0.497 e. The second kappa shape index (κ2) is 8.33. The fraction of sp³-hybridized carbons (Fsp3) is 0.217. The molecule has 0 bridgehead atoms. The SMILES string of the molecule is COc1ccc(C2ONC(c3ccccc3)CN2c2ccc(OC)cc2)cc1. The normalized spacial score (nSPS) is 19.3. The summed E-state index contributed by atoms with van der Waals surface area (Å²) < 4.78 is 10.6. The minimum Gasteiger partial charge on any atom is -0.497 e. The second-order valence-electron chi connectivity index (χ2n) is 6.67. The van der Waals surface area contributed by atoms with Crippen LogP contribution in [0.1, 0.15) is 23.4 Å². The van der Waals surface area contributed by atoms with Crippen molar-refractivity contribution in [2.24, 2.45) is 0 Å². The number of hydroxylamine groups is 1. The number of benzene rings is 3. The summed E-state index contributed by atoms with van der Waals surface area (Å²) >= 11 is 0. The molecule has 144 valence electrons. The molecule has 28 heavy (non-hydrogen) atoms. The first-order valence-corrected chi connectivity index (χ1v) is 9.29. The highest BCUT2D eigenvalue weighted by Crippen LogP contribution is 2.35. The lowest BCUT2D eigenvalue weighted by molar-refractivity contribution is -0.0735. The number of nitrogens with one attached hydrogen (secondary N) is 1. The van der Waals surface area contributed by atoms with Crippen LogP contribution in [0, 0.1) is 0 Å². The maximum atomic E-state index is 6.13. The van der Waals surface area contributed by atoms with Crippen molar-refractivity contribution in [3.8, 4) is 11.5 Å². The molecule has 1 aliphatic rings. The van der Waals surface area contributed by atoms with Crippen LogP contribution in [0.4, 0.5) is 5.69 Å². The van der Waals surface area contributed by atoms with E-state index in [2.05, 4.69) is 34.6 Å². The predicted octanol–water partition coefficient (Wildman–Crippen LogP) is 4.49. The van der Waals surface area contributed by atoms with E-state index in [4.69, 9.17) is 14.3 Å². The third-order valence-electron chi connectivity index (χ3n) is 4.99. The van der Waals surface area contributed by atoms with Crippen LogP contribution in [0.2, 0.25) is 0 Å². The van der Waals surface area contributed by atoms with Gasteiger partial charge in [-0.1, -0.05) is 42.5 Å². The molecule has 1 saturated heterocycles. The van der Waals surface area contributed by atoms with Gasteiger partial charge in [0.15, 0.2) is 6.23 Å². The molecule has 3 aromatic rings. The summed E-state index contributed by atoms with van der Waals surface area (Å²) in [7, 11) is 3.34. The van der Waals surface area contributed by atoms with Crippen LogP contribution >= 0.6 is 0 Å². The van der Waals surface area contributed by atoms with Crippen LogP contribution < -0.4 is 19.9 Å². The highest BCUT2D eigenvalue weighted by molar-refractivity contribution is 5.52. The standard InChI is InChI=1S/C23H24N2O3/c1-26-20-12-8-18(9-13-20)23-25(19-10-14-21(27-2)15-11-19)16-22(24-28-23)17-6-4-3-5-7-17/h3-15,22-24H,16H2,1-2H3. The number of ether oxygens (including phenoxy) is 2. The Labute approximate surface area is 165 Å². The highest BCUT2D eigenvalue weighted by Gasteiger charge is 2.31. The average molecular weight is 376 g/mol. The molecule has 0 aromatic heterocycles. The Bertz CT molecular complexity index is 882. The molecule has 0 radical (unpaired) electrons. The van der Waals surface area contributed by atoms with Gasteiger partial charge in [-0.25, -0.2) is 0 Å². The molecule has 0 aliphatic carbocycles. The molecule has 1 heterocycles. The molecule has 1 N–H and O–H groups in total. The van der Waals surface area contributed by atoms with Gasteiger partial charge in [0, 0.05) is 17.8 Å². The van der Waals surface area contributed by atoms with Crippen molar-refractivity contribution in [1.29, 1.82) is 0 Å². The van der Waals surface area contributed by atoms with Crippen molar-refractivity contribution >= 4 is 5.69 Å². The van der Waals surface area contributed by atoms with Crippen molar-refractivity contribution in [2.45, 2.75) is 12.3 Å². The van der Waals surface area contributed by atoms with E-state index in [0.29, 0.717) is 0 Å². The van der Waals surface area contributed by atoms with Crippen molar-refractivity contribution < 1.29 is 14.3 Å². The number of rotatable bonds is 5. The Morgan fingerprint density at radius 2 is 1.39 bits per heavy atom. The fourth-order valence-electron chi connectivity index (χ4n) is 3.43. The monoisotopic (exact) mass is 376 g/mol. The van der Waals surface area contributed by atoms with Gasteiger partial charge in [-0.3, -0.25) is 4.84 Å². The predicted molar refractivity (Wildman–Crippen MR) is 109 cm³/mol. The molecular weight excluding hydrogens is 352 g/mol. The number of hydrogen-bond donors (Lipinski definition) is 1. The zero-order valence-electron chi connectivity index (χ0n) is 16.0. The van der Waals surface area contributed by atoms with Gasteiger partial charge in [-0.05, 0) is 42.0 Å². The van der Waals surface area contributed by atoms with Gasteiger partial charge in [0.2, 0.25) is 0 Å². The van der Waals surface area contributed by atoms with Gasteiger partial charge in [-0.15, -0.1) is 0 Å². The van der Waals surface area contributed by atoms with Crippen LogP contribution in [-0.2, 0) is 4.84 Å². The smallest absolute Gasteiger partial charge is 0.176 e. The van der Waals surface area contributed by atoms with Crippen molar-refractivity contribution in [1.82, 2.24) is 5.48 Å². The lowest BCUT2D eigenvalue weighted by atomic mass is 10.0. The Hall–Kier alpha value is -3.02. The second-order valence-corrected chi connectivity index (χ2v) is 6.67. The first-order chi connectivity index (χ1) is 13.8. The summed E-state index contributed by atoms with van der Waals surface area (Å²) in [5.41, 5.74) is 6.55.